The number of benzene rings is 1. The van der Waals surface area contributed by atoms with Gasteiger partial charge in [-0.05, 0) is 42.5 Å². The molecule has 1 aromatic carbocycles. The molecule has 0 aromatic heterocycles. The molecule has 3 nitrogen and oxygen atoms in total. The highest BCUT2D eigenvalue weighted by molar-refractivity contribution is 5.25. The molecule has 21 heavy (non-hydrogen) atoms. The second-order valence-corrected chi connectivity index (χ2v) is 6.63. The van der Waals surface area contributed by atoms with E-state index >= 15 is 0 Å². The highest BCUT2D eigenvalue weighted by Gasteiger charge is 2.31. The van der Waals surface area contributed by atoms with Gasteiger partial charge in [-0.1, -0.05) is 44.5 Å². The van der Waals surface area contributed by atoms with Crippen LogP contribution in [0.2, 0.25) is 0 Å². The van der Waals surface area contributed by atoms with Gasteiger partial charge in [-0.3, -0.25) is 4.90 Å². The molecule has 3 heteroatoms. The SMILES string of the molecule is CCC1(C)CCN(C(CN)c2ccc(COC)cc2)CC1. The number of ether oxygens (including phenoxy) is 1. The molecule has 1 heterocycles. The number of piperidine rings is 1. The van der Waals surface area contributed by atoms with E-state index in [1.165, 1.54) is 30.4 Å². The molecule has 1 fully saturated rings. The Hall–Kier alpha value is -0.900. The number of nitrogens with zero attached hydrogens (tertiary/aromatic N) is 1. The van der Waals surface area contributed by atoms with E-state index in [1.807, 2.05) is 0 Å². The molecule has 1 aromatic rings. The largest absolute Gasteiger partial charge is 0.380 e. The van der Waals surface area contributed by atoms with Crippen LogP contribution in [0.25, 0.3) is 0 Å². The average molecular weight is 290 g/mol. The topological polar surface area (TPSA) is 38.5 Å². The van der Waals surface area contributed by atoms with Crippen LogP contribution in [-0.2, 0) is 11.3 Å². The number of hydrogen-bond acceptors (Lipinski definition) is 3. The van der Waals surface area contributed by atoms with Crippen LogP contribution in [0.5, 0.6) is 0 Å². The molecule has 1 unspecified atom stereocenters. The lowest BCUT2D eigenvalue weighted by Crippen LogP contribution is -2.42. The zero-order chi connectivity index (χ0) is 15.3. The van der Waals surface area contributed by atoms with E-state index in [2.05, 4.69) is 43.0 Å². The Morgan fingerprint density at radius 2 is 1.86 bits per heavy atom. The summed E-state index contributed by atoms with van der Waals surface area (Å²) in [5, 5.41) is 0. The summed E-state index contributed by atoms with van der Waals surface area (Å²) in [4.78, 5) is 2.56. The van der Waals surface area contributed by atoms with Crippen molar-refractivity contribution in [3.8, 4) is 0 Å². The second-order valence-electron chi connectivity index (χ2n) is 6.63. The van der Waals surface area contributed by atoms with Crippen molar-refractivity contribution >= 4 is 0 Å². The van der Waals surface area contributed by atoms with Gasteiger partial charge in [0, 0.05) is 19.7 Å². The lowest BCUT2D eigenvalue weighted by Gasteiger charge is -2.42. The van der Waals surface area contributed by atoms with Crippen LogP contribution in [0.15, 0.2) is 24.3 Å². The zero-order valence-electron chi connectivity index (χ0n) is 13.8. The van der Waals surface area contributed by atoms with Crippen molar-refractivity contribution in [3.63, 3.8) is 0 Å². The maximum Gasteiger partial charge on any atom is 0.0713 e. The Kier molecular flexibility index (Phi) is 5.80. The molecular formula is C18H30N2O. The fraction of sp³-hybridized carbons (Fsp3) is 0.667. The van der Waals surface area contributed by atoms with Crippen LogP contribution in [0.4, 0.5) is 0 Å². The summed E-state index contributed by atoms with van der Waals surface area (Å²) in [5.41, 5.74) is 9.14. The van der Waals surface area contributed by atoms with E-state index < -0.39 is 0 Å². The van der Waals surface area contributed by atoms with Gasteiger partial charge in [-0.15, -0.1) is 0 Å². The third-order valence-electron chi connectivity index (χ3n) is 5.20. The molecule has 1 aliphatic heterocycles. The van der Waals surface area contributed by atoms with Gasteiger partial charge >= 0.3 is 0 Å². The van der Waals surface area contributed by atoms with E-state index in [4.69, 9.17) is 10.5 Å². The van der Waals surface area contributed by atoms with E-state index in [0.29, 0.717) is 24.6 Å². The highest BCUT2D eigenvalue weighted by atomic mass is 16.5. The first-order chi connectivity index (χ1) is 10.1. The minimum atomic E-state index is 0.350. The quantitative estimate of drug-likeness (QED) is 0.873. The van der Waals surface area contributed by atoms with Crippen molar-refractivity contribution < 1.29 is 4.74 Å². The van der Waals surface area contributed by atoms with Crippen LogP contribution < -0.4 is 5.73 Å². The van der Waals surface area contributed by atoms with Crippen molar-refractivity contribution in [2.24, 2.45) is 11.1 Å². The fourth-order valence-corrected chi connectivity index (χ4v) is 3.23. The van der Waals surface area contributed by atoms with Gasteiger partial charge in [0.1, 0.15) is 0 Å². The lowest BCUT2D eigenvalue weighted by atomic mass is 9.78. The van der Waals surface area contributed by atoms with E-state index in [1.54, 1.807) is 7.11 Å². The Morgan fingerprint density at radius 3 is 2.33 bits per heavy atom. The van der Waals surface area contributed by atoms with Gasteiger partial charge in [0.15, 0.2) is 0 Å². The first-order valence-corrected chi connectivity index (χ1v) is 8.14. The van der Waals surface area contributed by atoms with Gasteiger partial charge < -0.3 is 10.5 Å². The third-order valence-corrected chi connectivity index (χ3v) is 5.20. The summed E-state index contributed by atoms with van der Waals surface area (Å²) in [7, 11) is 1.73. The summed E-state index contributed by atoms with van der Waals surface area (Å²) in [6.07, 6.45) is 3.84. The molecule has 2 rings (SSSR count). The minimum absolute atomic E-state index is 0.350. The molecule has 0 saturated carbocycles. The minimum Gasteiger partial charge on any atom is -0.380 e. The van der Waals surface area contributed by atoms with Gasteiger partial charge in [0.2, 0.25) is 0 Å². The van der Waals surface area contributed by atoms with Crippen molar-refractivity contribution in [1.82, 2.24) is 4.90 Å². The Balaban J connectivity index is 2.03. The molecule has 1 aliphatic rings. The third kappa shape index (κ3) is 4.06. The first kappa shape index (κ1) is 16.5. The molecule has 0 amide bonds. The van der Waals surface area contributed by atoms with E-state index in [0.717, 1.165) is 13.1 Å². The fourth-order valence-electron chi connectivity index (χ4n) is 3.23. The van der Waals surface area contributed by atoms with Crippen molar-refractivity contribution in [2.45, 2.75) is 45.8 Å². The monoisotopic (exact) mass is 290 g/mol. The van der Waals surface area contributed by atoms with E-state index in [9.17, 15) is 0 Å². The molecule has 2 N–H and O–H groups in total. The van der Waals surface area contributed by atoms with Gasteiger partial charge in [0.05, 0.1) is 6.61 Å². The molecule has 1 saturated heterocycles. The van der Waals surface area contributed by atoms with E-state index in [-0.39, 0.29) is 0 Å². The predicted molar refractivity (Wildman–Crippen MR) is 88.2 cm³/mol. The molecule has 0 spiro atoms. The number of hydrogen-bond donors (Lipinski definition) is 1. The van der Waals surface area contributed by atoms with Crippen molar-refractivity contribution in [2.75, 3.05) is 26.7 Å². The molecule has 118 valence electrons. The van der Waals surface area contributed by atoms with Crippen LogP contribution in [0.1, 0.15) is 50.3 Å². The number of likely N-dealkylation sites (tertiary alicyclic amines) is 1. The molecule has 1 atom stereocenters. The lowest BCUT2D eigenvalue weighted by molar-refractivity contribution is 0.0829. The van der Waals surface area contributed by atoms with Crippen LogP contribution >= 0.6 is 0 Å². The number of rotatable bonds is 6. The number of nitrogens with two attached hydrogens (primary N) is 1. The van der Waals surface area contributed by atoms with Crippen LogP contribution in [0, 0.1) is 5.41 Å². The van der Waals surface area contributed by atoms with Gasteiger partial charge in [-0.25, -0.2) is 0 Å². The van der Waals surface area contributed by atoms with Crippen molar-refractivity contribution in [1.29, 1.82) is 0 Å². The van der Waals surface area contributed by atoms with Crippen LogP contribution in [-0.4, -0.2) is 31.6 Å². The summed E-state index contributed by atoms with van der Waals surface area (Å²) in [6.45, 7) is 8.41. The summed E-state index contributed by atoms with van der Waals surface area (Å²) in [5.74, 6) is 0. The average Bonchev–Trinajstić information content (AvgIpc) is 2.52. The highest BCUT2D eigenvalue weighted by Crippen LogP contribution is 2.36. The molecule has 0 radical (unpaired) electrons. The molecule has 0 bridgehead atoms. The predicted octanol–water partition coefficient (Wildman–Crippen LogP) is 3.34. The Labute approximate surface area is 129 Å². The Morgan fingerprint density at radius 1 is 1.24 bits per heavy atom. The Bertz CT molecular complexity index is 421. The van der Waals surface area contributed by atoms with Crippen molar-refractivity contribution in [3.05, 3.63) is 35.4 Å². The number of methoxy groups -OCH3 is 1. The molecular weight excluding hydrogens is 260 g/mol. The molecule has 0 aliphatic carbocycles. The van der Waals surface area contributed by atoms with Gasteiger partial charge in [0.25, 0.3) is 0 Å². The van der Waals surface area contributed by atoms with Crippen LogP contribution in [0.3, 0.4) is 0 Å². The summed E-state index contributed by atoms with van der Waals surface area (Å²) in [6, 6.07) is 9.07. The maximum atomic E-state index is 6.07. The maximum absolute atomic E-state index is 6.07. The summed E-state index contributed by atoms with van der Waals surface area (Å²) >= 11 is 0. The smallest absolute Gasteiger partial charge is 0.0713 e. The second kappa shape index (κ2) is 7.39. The first-order valence-electron chi connectivity index (χ1n) is 8.14. The summed E-state index contributed by atoms with van der Waals surface area (Å²) < 4.78 is 5.17. The zero-order valence-corrected chi connectivity index (χ0v) is 13.8. The van der Waals surface area contributed by atoms with Gasteiger partial charge in [-0.2, -0.15) is 0 Å². The normalized spacial score (nSPS) is 20.4. The standard InChI is InChI=1S/C18H30N2O/c1-4-18(2)9-11-20(12-10-18)17(13-19)16-7-5-15(6-8-16)14-21-3/h5-8,17H,4,9-14,19H2,1-3H3.